The van der Waals surface area contributed by atoms with Crippen LogP contribution in [0.1, 0.15) is 19.8 Å². The second-order valence-electron chi connectivity index (χ2n) is 6.18. The van der Waals surface area contributed by atoms with E-state index in [9.17, 15) is 9.59 Å². The third-order valence-corrected chi connectivity index (χ3v) is 5.25. The first kappa shape index (κ1) is 20.1. The summed E-state index contributed by atoms with van der Waals surface area (Å²) in [6, 6.07) is 14.8. The van der Waals surface area contributed by atoms with Crippen molar-refractivity contribution in [2.45, 2.75) is 29.9 Å². The summed E-state index contributed by atoms with van der Waals surface area (Å²) in [6.45, 7) is 3.10. The van der Waals surface area contributed by atoms with Crippen LogP contribution in [-0.2, 0) is 14.3 Å². The summed E-state index contributed by atoms with van der Waals surface area (Å²) in [5.74, 6) is 0.880. The fourth-order valence-corrected chi connectivity index (χ4v) is 3.70. The van der Waals surface area contributed by atoms with Crippen molar-refractivity contribution in [3.63, 3.8) is 0 Å². The number of carbonyl (C=O) groups excluding carboxylic acids is 2. The molecule has 2 aromatic carbocycles. The Balaban J connectivity index is 1.37. The van der Waals surface area contributed by atoms with Crippen molar-refractivity contribution in [1.82, 2.24) is 0 Å². The van der Waals surface area contributed by atoms with Crippen molar-refractivity contribution in [3.8, 4) is 11.5 Å². The van der Waals surface area contributed by atoms with Gasteiger partial charge in [-0.2, -0.15) is 0 Å². The lowest BCUT2D eigenvalue weighted by molar-refractivity contribution is -0.145. The molecule has 1 N–H and O–H groups in total. The summed E-state index contributed by atoms with van der Waals surface area (Å²) in [5.41, 5.74) is 0.779. The van der Waals surface area contributed by atoms with Gasteiger partial charge in [-0.1, -0.05) is 19.1 Å². The minimum atomic E-state index is -0.487. The van der Waals surface area contributed by atoms with Crippen molar-refractivity contribution >= 4 is 29.3 Å². The molecule has 0 aromatic heterocycles. The van der Waals surface area contributed by atoms with Crippen LogP contribution in [-0.4, -0.2) is 36.9 Å². The average molecular weight is 401 g/mol. The third-order valence-electron chi connectivity index (χ3n) is 3.97. The van der Waals surface area contributed by atoms with Crippen LogP contribution in [0.2, 0.25) is 0 Å². The van der Waals surface area contributed by atoms with Gasteiger partial charge in [0.2, 0.25) is 5.91 Å². The standard InChI is InChI=1S/C21H23NO5S/c1-2-11-25-15-7-9-16(10-8-15)26-12-13-27-20(23)14-19-21(24)22-17-5-3-4-6-18(17)28-19/h3-10,19H,2,11-14H2,1H3,(H,22,24). The number of hydrogen-bond acceptors (Lipinski definition) is 6. The number of ether oxygens (including phenoxy) is 3. The van der Waals surface area contributed by atoms with E-state index in [2.05, 4.69) is 12.2 Å². The second kappa shape index (κ2) is 10.0. The van der Waals surface area contributed by atoms with Gasteiger partial charge in [0.25, 0.3) is 0 Å². The van der Waals surface area contributed by atoms with Crippen LogP contribution in [0.5, 0.6) is 11.5 Å². The Morgan fingerprint density at radius 3 is 2.39 bits per heavy atom. The van der Waals surface area contributed by atoms with Gasteiger partial charge in [0.05, 0.1) is 24.0 Å². The summed E-state index contributed by atoms with van der Waals surface area (Å²) in [7, 11) is 0. The summed E-state index contributed by atoms with van der Waals surface area (Å²) >= 11 is 1.38. The normalized spacial score (nSPS) is 15.3. The molecule has 6 nitrogen and oxygen atoms in total. The molecule has 0 fully saturated rings. The average Bonchev–Trinajstić information content (AvgIpc) is 2.71. The zero-order valence-corrected chi connectivity index (χ0v) is 16.5. The van der Waals surface area contributed by atoms with E-state index >= 15 is 0 Å². The summed E-state index contributed by atoms with van der Waals surface area (Å²) in [5, 5.41) is 2.33. The van der Waals surface area contributed by atoms with Gasteiger partial charge in [-0.25, -0.2) is 0 Å². The molecular weight excluding hydrogens is 378 g/mol. The van der Waals surface area contributed by atoms with Gasteiger partial charge in [-0.15, -0.1) is 11.8 Å². The second-order valence-corrected chi connectivity index (χ2v) is 7.43. The van der Waals surface area contributed by atoms with Gasteiger partial charge in [0.1, 0.15) is 24.7 Å². The number of rotatable bonds is 9. The minimum Gasteiger partial charge on any atom is -0.494 e. The maximum absolute atomic E-state index is 12.1. The molecule has 0 aliphatic carbocycles. The van der Waals surface area contributed by atoms with E-state index in [0.29, 0.717) is 12.4 Å². The van der Waals surface area contributed by atoms with Crippen molar-refractivity contribution in [2.24, 2.45) is 0 Å². The van der Waals surface area contributed by atoms with Crippen LogP contribution in [0, 0.1) is 0 Å². The van der Waals surface area contributed by atoms with Gasteiger partial charge in [0, 0.05) is 4.90 Å². The number of anilines is 1. The van der Waals surface area contributed by atoms with Crippen LogP contribution >= 0.6 is 11.8 Å². The minimum absolute atomic E-state index is 0.0221. The molecule has 7 heteroatoms. The maximum Gasteiger partial charge on any atom is 0.307 e. The Kier molecular flexibility index (Phi) is 7.19. The molecule has 0 spiro atoms. The Hall–Kier alpha value is -2.67. The zero-order chi connectivity index (χ0) is 19.8. The lowest BCUT2D eigenvalue weighted by atomic mass is 10.2. The molecular formula is C21H23NO5S. The lowest BCUT2D eigenvalue weighted by Gasteiger charge is -2.23. The number of amides is 1. The highest BCUT2D eigenvalue weighted by Gasteiger charge is 2.29. The number of esters is 1. The van der Waals surface area contributed by atoms with Crippen LogP contribution < -0.4 is 14.8 Å². The first-order valence-electron chi connectivity index (χ1n) is 9.23. The molecule has 1 aliphatic rings. The monoisotopic (exact) mass is 401 g/mol. The van der Waals surface area contributed by atoms with E-state index in [1.807, 2.05) is 48.5 Å². The predicted molar refractivity (Wildman–Crippen MR) is 108 cm³/mol. The van der Waals surface area contributed by atoms with E-state index in [4.69, 9.17) is 14.2 Å². The van der Waals surface area contributed by atoms with Gasteiger partial charge >= 0.3 is 5.97 Å². The van der Waals surface area contributed by atoms with E-state index in [0.717, 1.165) is 22.8 Å². The number of benzene rings is 2. The van der Waals surface area contributed by atoms with Crippen LogP contribution in [0.15, 0.2) is 53.4 Å². The molecule has 0 bridgehead atoms. The van der Waals surface area contributed by atoms with Crippen molar-refractivity contribution < 1.29 is 23.8 Å². The first-order valence-corrected chi connectivity index (χ1v) is 10.1. The maximum atomic E-state index is 12.1. The van der Waals surface area contributed by atoms with Gasteiger partial charge in [0.15, 0.2) is 0 Å². The molecule has 1 heterocycles. The highest BCUT2D eigenvalue weighted by Crippen LogP contribution is 2.36. The highest BCUT2D eigenvalue weighted by atomic mass is 32.2. The number of thioether (sulfide) groups is 1. The summed E-state index contributed by atoms with van der Waals surface area (Å²) in [4.78, 5) is 25.1. The number of fused-ring (bicyclic) bond motifs is 1. The smallest absolute Gasteiger partial charge is 0.307 e. The predicted octanol–water partition coefficient (Wildman–Crippen LogP) is 3.90. The Morgan fingerprint density at radius 2 is 1.68 bits per heavy atom. The molecule has 0 saturated heterocycles. The van der Waals surface area contributed by atoms with E-state index < -0.39 is 11.2 Å². The van der Waals surface area contributed by atoms with Gasteiger partial charge < -0.3 is 19.5 Å². The lowest BCUT2D eigenvalue weighted by Crippen LogP contribution is -2.31. The molecule has 2 aromatic rings. The van der Waals surface area contributed by atoms with Crippen LogP contribution in [0.3, 0.4) is 0 Å². The van der Waals surface area contributed by atoms with E-state index in [-0.39, 0.29) is 25.5 Å². The van der Waals surface area contributed by atoms with Crippen molar-refractivity contribution in [3.05, 3.63) is 48.5 Å². The molecule has 28 heavy (non-hydrogen) atoms. The Labute approximate surface area is 168 Å². The first-order chi connectivity index (χ1) is 13.7. The molecule has 0 radical (unpaired) electrons. The molecule has 1 unspecified atom stereocenters. The topological polar surface area (TPSA) is 73.9 Å². The van der Waals surface area contributed by atoms with Crippen LogP contribution in [0.25, 0.3) is 0 Å². The van der Waals surface area contributed by atoms with E-state index in [1.54, 1.807) is 0 Å². The molecule has 3 rings (SSSR count). The molecule has 1 amide bonds. The quantitative estimate of drug-likeness (QED) is 0.507. The Morgan fingerprint density at radius 1 is 1.00 bits per heavy atom. The summed E-state index contributed by atoms with van der Waals surface area (Å²) < 4.78 is 16.3. The largest absolute Gasteiger partial charge is 0.494 e. The molecule has 148 valence electrons. The van der Waals surface area contributed by atoms with Gasteiger partial charge in [-0.05, 0) is 42.8 Å². The third kappa shape index (κ3) is 5.66. The number of hydrogen-bond donors (Lipinski definition) is 1. The van der Waals surface area contributed by atoms with Crippen molar-refractivity contribution in [1.29, 1.82) is 0 Å². The van der Waals surface area contributed by atoms with Crippen molar-refractivity contribution in [2.75, 3.05) is 25.1 Å². The fraction of sp³-hybridized carbons (Fsp3) is 0.333. The Bertz CT molecular complexity index is 809. The number of carbonyl (C=O) groups is 2. The summed E-state index contributed by atoms with van der Waals surface area (Å²) in [6.07, 6.45) is 0.978. The number of para-hydroxylation sites is 1. The molecule has 0 saturated carbocycles. The molecule has 1 aliphatic heterocycles. The van der Waals surface area contributed by atoms with E-state index in [1.165, 1.54) is 11.8 Å². The fourth-order valence-electron chi connectivity index (χ4n) is 2.60. The number of nitrogens with one attached hydrogen (secondary N) is 1. The highest BCUT2D eigenvalue weighted by molar-refractivity contribution is 8.01. The van der Waals surface area contributed by atoms with Gasteiger partial charge in [-0.3, -0.25) is 9.59 Å². The zero-order valence-electron chi connectivity index (χ0n) is 15.7. The molecule has 1 atom stereocenters. The SMILES string of the molecule is CCCOc1ccc(OCCOC(=O)CC2Sc3ccccc3NC2=O)cc1. The van der Waals surface area contributed by atoms with Crippen LogP contribution in [0.4, 0.5) is 5.69 Å².